The second-order valence-electron chi connectivity index (χ2n) is 5.56. The van der Waals surface area contributed by atoms with Gasteiger partial charge in [0, 0.05) is 11.3 Å². The minimum absolute atomic E-state index is 0.128. The van der Waals surface area contributed by atoms with Gasteiger partial charge < -0.3 is 10.4 Å². The number of carbonyl (C=O) groups excluding carboxylic acids is 1. The second-order valence-corrected chi connectivity index (χ2v) is 5.56. The predicted molar refractivity (Wildman–Crippen MR) is 80.7 cm³/mol. The van der Waals surface area contributed by atoms with Crippen molar-refractivity contribution in [2.75, 3.05) is 0 Å². The third-order valence-corrected chi connectivity index (χ3v) is 3.77. The zero-order chi connectivity index (χ0) is 17.1. The van der Waals surface area contributed by atoms with Crippen molar-refractivity contribution in [2.45, 2.75) is 39.3 Å². The molecule has 0 aliphatic heterocycles. The molecular formula is C16H19F2N3O2. The zero-order valence-corrected chi connectivity index (χ0v) is 13.2. The molecule has 0 bridgehead atoms. The number of nitrogens with zero attached hydrogens (tertiary/aromatic N) is 1. The highest BCUT2D eigenvalue weighted by molar-refractivity contribution is 5.79. The van der Waals surface area contributed by atoms with E-state index in [1.54, 1.807) is 13.8 Å². The highest BCUT2D eigenvalue weighted by atomic mass is 19.2. The van der Waals surface area contributed by atoms with Crippen LogP contribution in [0, 0.1) is 25.5 Å². The van der Waals surface area contributed by atoms with Crippen molar-refractivity contribution in [3.63, 3.8) is 0 Å². The van der Waals surface area contributed by atoms with Gasteiger partial charge in [-0.2, -0.15) is 5.10 Å². The van der Waals surface area contributed by atoms with E-state index in [0.717, 1.165) is 29.1 Å². The Morgan fingerprint density at radius 2 is 2.04 bits per heavy atom. The molecule has 2 atom stereocenters. The molecule has 0 aliphatic rings. The molecule has 5 nitrogen and oxygen atoms in total. The van der Waals surface area contributed by atoms with Crippen LogP contribution in [0.5, 0.6) is 0 Å². The number of rotatable bonds is 5. The minimum atomic E-state index is -1.14. The first kappa shape index (κ1) is 17.1. The summed E-state index contributed by atoms with van der Waals surface area (Å²) in [7, 11) is 0. The highest BCUT2D eigenvalue weighted by Gasteiger charge is 2.21. The van der Waals surface area contributed by atoms with Gasteiger partial charge in [0.05, 0.1) is 24.3 Å². The average molecular weight is 323 g/mol. The Balaban J connectivity index is 2.01. The molecule has 3 N–H and O–H groups in total. The Labute approximate surface area is 132 Å². The molecule has 2 unspecified atom stereocenters. The number of hydrogen-bond acceptors (Lipinski definition) is 3. The number of aromatic nitrogens is 2. The molecule has 1 aromatic heterocycles. The quantitative estimate of drug-likeness (QED) is 0.788. The van der Waals surface area contributed by atoms with Crippen LogP contribution < -0.4 is 5.32 Å². The number of aromatic amines is 1. The average Bonchev–Trinajstić information content (AvgIpc) is 2.81. The lowest BCUT2D eigenvalue weighted by Crippen LogP contribution is -2.38. The smallest absolute Gasteiger partial charge is 0.224 e. The van der Waals surface area contributed by atoms with Gasteiger partial charge in [0.15, 0.2) is 11.6 Å². The first-order valence-corrected chi connectivity index (χ1v) is 7.22. The molecule has 0 spiro atoms. The lowest BCUT2D eigenvalue weighted by Gasteiger charge is -2.21. The second kappa shape index (κ2) is 6.87. The van der Waals surface area contributed by atoms with Crippen LogP contribution in [0.3, 0.4) is 0 Å². The van der Waals surface area contributed by atoms with E-state index in [-0.39, 0.29) is 17.9 Å². The van der Waals surface area contributed by atoms with Gasteiger partial charge in [-0.25, -0.2) is 8.78 Å². The molecule has 124 valence electrons. The molecule has 7 heteroatoms. The molecule has 1 amide bonds. The van der Waals surface area contributed by atoms with Gasteiger partial charge in [-0.1, -0.05) is 6.07 Å². The van der Waals surface area contributed by atoms with Crippen molar-refractivity contribution in [3.05, 3.63) is 52.3 Å². The third kappa shape index (κ3) is 3.92. The lowest BCUT2D eigenvalue weighted by atomic mass is 10.0. The molecule has 0 fully saturated rings. The molecule has 23 heavy (non-hydrogen) atoms. The van der Waals surface area contributed by atoms with Crippen molar-refractivity contribution in [1.29, 1.82) is 0 Å². The van der Waals surface area contributed by atoms with Crippen molar-refractivity contribution < 1.29 is 18.7 Å². The maximum Gasteiger partial charge on any atom is 0.224 e. The maximum absolute atomic E-state index is 13.2. The Morgan fingerprint density at radius 3 is 2.61 bits per heavy atom. The molecular weight excluding hydrogens is 304 g/mol. The van der Waals surface area contributed by atoms with E-state index in [1.165, 1.54) is 6.07 Å². The molecule has 2 rings (SSSR count). The summed E-state index contributed by atoms with van der Waals surface area (Å²) < 4.78 is 26.1. The van der Waals surface area contributed by atoms with Gasteiger partial charge in [0.25, 0.3) is 0 Å². The van der Waals surface area contributed by atoms with Crippen LogP contribution in [-0.4, -0.2) is 27.3 Å². The summed E-state index contributed by atoms with van der Waals surface area (Å²) in [6.07, 6.45) is -1.01. The Kier molecular flexibility index (Phi) is 5.10. The highest BCUT2D eigenvalue weighted by Crippen LogP contribution is 2.19. The van der Waals surface area contributed by atoms with Crippen LogP contribution in [-0.2, 0) is 11.2 Å². The largest absolute Gasteiger partial charge is 0.386 e. The summed E-state index contributed by atoms with van der Waals surface area (Å²) in [5.41, 5.74) is 2.56. The molecule has 0 aliphatic carbocycles. The SMILES string of the molecule is Cc1n[nH]c(C)c1CC(=O)NC(C)C(O)c1ccc(F)c(F)c1. The Bertz CT molecular complexity index is 696. The van der Waals surface area contributed by atoms with Crippen LogP contribution >= 0.6 is 0 Å². The van der Waals surface area contributed by atoms with Crippen molar-refractivity contribution in [3.8, 4) is 0 Å². The fourth-order valence-electron chi connectivity index (χ4n) is 2.36. The number of hydrogen-bond donors (Lipinski definition) is 3. The van der Waals surface area contributed by atoms with E-state index < -0.39 is 23.8 Å². The molecule has 0 saturated carbocycles. The third-order valence-electron chi connectivity index (χ3n) is 3.77. The number of halogens is 2. The predicted octanol–water partition coefficient (Wildman–Crippen LogP) is 2.09. The Morgan fingerprint density at radius 1 is 1.35 bits per heavy atom. The first-order chi connectivity index (χ1) is 10.8. The van der Waals surface area contributed by atoms with E-state index >= 15 is 0 Å². The van der Waals surface area contributed by atoms with Crippen LogP contribution in [0.25, 0.3) is 0 Å². The molecule has 1 aromatic carbocycles. The summed E-state index contributed by atoms with van der Waals surface area (Å²) in [5.74, 6) is -2.31. The van der Waals surface area contributed by atoms with Crippen molar-refractivity contribution >= 4 is 5.91 Å². The van der Waals surface area contributed by atoms with Crippen molar-refractivity contribution in [1.82, 2.24) is 15.5 Å². The number of carbonyl (C=O) groups is 1. The van der Waals surface area contributed by atoms with Crippen LogP contribution in [0.1, 0.15) is 35.5 Å². The number of aryl methyl sites for hydroxylation is 2. The Hall–Kier alpha value is -2.28. The fourth-order valence-corrected chi connectivity index (χ4v) is 2.36. The van der Waals surface area contributed by atoms with Crippen LogP contribution in [0.2, 0.25) is 0 Å². The molecule has 1 heterocycles. The van der Waals surface area contributed by atoms with Gasteiger partial charge in [-0.3, -0.25) is 9.89 Å². The van der Waals surface area contributed by atoms with Gasteiger partial charge in [-0.05, 0) is 38.5 Å². The number of nitrogens with one attached hydrogen (secondary N) is 2. The number of aliphatic hydroxyl groups is 1. The number of benzene rings is 1. The summed E-state index contributed by atoms with van der Waals surface area (Å²) in [6, 6.07) is 2.50. The molecule has 0 saturated heterocycles. The van der Waals surface area contributed by atoms with E-state index in [4.69, 9.17) is 0 Å². The fraction of sp³-hybridized carbons (Fsp3) is 0.375. The van der Waals surface area contributed by atoms with E-state index in [9.17, 15) is 18.7 Å². The number of aliphatic hydroxyl groups excluding tert-OH is 1. The lowest BCUT2D eigenvalue weighted by molar-refractivity contribution is -0.121. The van der Waals surface area contributed by atoms with Gasteiger partial charge in [0.2, 0.25) is 5.91 Å². The van der Waals surface area contributed by atoms with Gasteiger partial charge in [0.1, 0.15) is 0 Å². The maximum atomic E-state index is 13.2. The van der Waals surface area contributed by atoms with Gasteiger partial charge in [-0.15, -0.1) is 0 Å². The summed E-state index contributed by atoms with van der Waals surface area (Å²) in [6.45, 7) is 5.22. The standard InChI is InChI=1S/C16H19F2N3O2/c1-8-12(9(2)21-20-8)7-15(22)19-10(3)16(23)11-4-5-13(17)14(18)6-11/h4-6,10,16,23H,7H2,1-3H3,(H,19,22)(H,20,21). The monoisotopic (exact) mass is 323 g/mol. The molecule has 2 aromatic rings. The number of amides is 1. The van der Waals surface area contributed by atoms with E-state index in [1.807, 2.05) is 6.92 Å². The normalized spacial score (nSPS) is 13.7. The molecule has 0 radical (unpaired) electrons. The van der Waals surface area contributed by atoms with Gasteiger partial charge >= 0.3 is 0 Å². The number of H-pyrrole nitrogens is 1. The van der Waals surface area contributed by atoms with Crippen LogP contribution in [0.4, 0.5) is 8.78 Å². The first-order valence-electron chi connectivity index (χ1n) is 7.22. The van der Waals surface area contributed by atoms with E-state index in [2.05, 4.69) is 15.5 Å². The summed E-state index contributed by atoms with van der Waals surface area (Å²) in [5, 5.41) is 19.6. The minimum Gasteiger partial charge on any atom is -0.386 e. The zero-order valence-electron chi connectivity index (χ0n) is 13.2. The topological polar surface area (TPSA) is 78.0 Å². The van der Waals surface area contributed by atoms with Crippen LogP contribution in [0.15, 0.2) is 18.2 Å². The summed E-state index contributed by atoms with van der Waals surface area (Å²) >= 11 is 0. The summed E-state index contributed by atoms with van der Waals surface area (Å²) in [4.78, 5) is 12.1. The van der Waals surface area contributed by atoms with E-state index in [0.29, 0.717) is 0 Å². The van der Waals surface area contributed by atoms with Crippen molar-refractivity contribution in [2.24, 2.45) is 0 Å².